The number of halogens is 4. The van der Waals surface area contributed by atoms with Gasteiger partial charge in [-0.1, -0.05) is 78.5 Å². The summed E-state index contributed by atoms with van der Waals surface area (Å²) < 4.78 is 0. The van der Waals surface area contributed by atoms with Gasteiger partial charge in [0.25, 0.3) is 5.91 Å². The number of nitrogens with zero attached hydrogens (tertiary/aromatic N) is 1. The fourth-order valence-electron chi connectivity index (χ4n) is 2.15. The Balaban J connectivity index is 2.46. The van der Waals surface area contributed by atoms with E-state index in [4.69, 9.17) is 46.4 Å². The molecule has 0 aliphatic carbocycles. The van der Waals surface area contributed by atoms with Crippen LogP contribution in [-0.2, 0) is 0 Å². The van der Waals surface area contributed by atoms with Crippen molar-refractivity contribution in [2.75, 3.05) is 5.32 Å². The number of para-hydroxylation sites is 1. The number of anilines is 1. The highest BCUT2D eigenvalue weighted by Crippen LogP contribution is 2.36. The van der Waals surface area contributed by atoms with E-state index in [1.54, 1.807) is 0 Å². The molecule has 122 valence electrons. The minimum absolute atomic E-state index is 0.00681. The van der Waals surface area contributed by atoms with Crippen molar-refractivity contribution in [2.45, 2.75) is 26.7 Å². The predicted octanol–water partition coefficient (Wildman–Crippen LogP) is 6.38. The Morgan fingerprint density at radius 1 is 1.09 bits per heavy atom. The van der Waals surface area contributed by atoms with Crippen molar-refractivity contribution in [1.29, 1.82) is 0 Å². The van der Waals surface area contributed by atoms with Crippen molar-refractivity contribution in [2.24, 2.45) is 0 Å². The van der Waals surface area contributed by atoms with Gasteiger partial charge in [0, 0.05) is 5.69 Å². The molecule has 0 fully saturated rings. The van der Waals surface area contributed by atoms with Gasteiger partial charge < -0.3 is 5.32 Å². The smallest absolute Gasteiger partial charge is 0.275 e. The number of aromatic nitrogens is 1. The molecule has 0 radical (unpaired) electrons. The first-order chi connectivity index (χ1) is 10.7. The Labute approximate surface area is 154 Å². The molecule has 1 N–H and O–H groups in total. The van der Waals surface area contributed by atoms with Crippen LogP contribution in [0.25, 0.3) is 0 Å². The lowest BCUT2D eigenvalue weighted by Gasteiger charge is -2.17. The van der Waals surface area contributed by atoms with E-state index in [-0.39, 0.29) is 31.8 Å². The lowest BCUT2D eigenvalue weighted by molar-refractivity contribution is 0.102. The third kappa shape index (κ3) is 3.74. The highest BCUT2D eigenvalue weighted by molar-refractivity contribution is 6.52. The average Bonchev–Trinajstić information content (AvgIpc) is 2.50. The molecule has 0 unspecified atom stereocenters. The van der Waals surface area contributed by atoms with Crippen molar-refractivity contribution < 1.29 is 4.79 Å². The number of benzene rings is 1. The Morgan fingerprint density at radius 3 is 2.35 bits per heavy atom. The number of rotatable bonds is 3. The second-order valence-electron chi connectivity index (χ2n) is 5.34. The van der Waals surface area contributed by atoms with Crippen molar-refractivity contribution in [3.8, 4) is 0 Å². The molecular formula is C16H14Cl4N2O. The number of pyridine rings is 1. The Bertz CT molecular complexity index is 775. The van der Waals surface area contributed by atoms with Gasteiger partial charge in [-0.05, 0) is 24.0 Å². The molecular weight excluding hydrogens is 378 g/mol. The molecule has 1 aromatic carbocycles. The SMILES string of the molecule is Cc1cccc(C(C)C)c1NC(=O)c1nc(Cl)c(Cl)c(Cl)c1Cl. The molecule has 0 aliphatic heterocycles. The number of hydrogen-bond acceptors (Lipinski definition) is 2. The zero-order valence-electron chi connectivity index (χ0n) is 12.7. The lowest BCUT2D eigenvalue weighted by Crippen LogP contribution is -2.17. The third-order valence-electron chi connectivity index (χ3n) is 3.37. The molecule has 2 rings (SSSR count). The average molecular weight is 392 g/mol. The zero-order valence-corrected chi connectivity index (χ0v) is 15.7. The Kier molecular flexibility index (Phi) is 5.79. The van der Waals surface area contributed by atoms with Crippen molar-refractivity contribution in [3.05, 3.63) is 55.2 Å². The maximum absolute atomic E-state index is 12.6. The predicted molar refractivity (Wildman–Crippen MR) is 97.5 cm³/mol. The number of hydrogen-bond donors (Lipinski definition) is 1. The van der Waals surface area contributed by atoms with E-state index in [2.05, 4.69) is 10.3 Å². The second kappa shape index (κ2) is 7.27. The summed E-state index contributed by atoms with van der Waals surface area (Å²) in [5.41, 5.74) is 2.61. The first kappa shape index (κ1) is 18.3. The summed E-state index contributed by atoms with van der Waals surface area (Å²) in [5.74, 6) is -0.252. The number of carbonyl (C=O) groups excluding carboxylic acids is 1. The Morgan fingerprint density at radius 2 is 1.74 bits per heavy atom. The molecule has 1 heterocycles. The summed E-state index contributed by atoms with van der Waals surface area (Å²) in [4.78, 5) is 16.5. The van der Waals surface area contributed by atoms with Crippen LogP contribution < -0.4 is 5.32 Å². The molecule has 0 spiro atoms. The van der Waals surface area contributed by atoms with Crippen LogP contribution in [0.3, 0.4) is 0 Å². The molecule has 0 aliphatic rings. The molecule has 3 nitrogen and oxygen atoms in total. The van der Waals surface area contributed by atoms with Crippen molar-refractivity contribution in [3.63, 3.8) is 0 Å². The molecule has 7 heteroatoms. The lowest BCUT2D eigenvalue weighted by atomic mass is 9.98. The molecule has 0 bridgehead atoms. The normalized spacial score (nSPS) is 11.0. The fraction of sp³-hybridized carbons (Fsp3) is 0.250. The summed E-state index contributed by atoms with van der Waals surface area (Å²) in [6, 6.07) is 5.82. The highest BCUT2D eigenvalue weighted by Gasteiger charge is 2.21. The quantitative estimate of drug-likeness (QED) is 0.616. The minimum atomic E-state index is -0.494. The topological polar surface area (TPSA) is 42.0 Å². The van der Waals surface area contributed by atoms with Gasteiger partial charge in [0.15, 0.2) is 0 Å². The van der Waals surface area contributed by atoms with Crippen LogP contribution in [-0.4, -0.2) is 10.9 Å². The van der Waals surface area contributed by atoms with E-state index >= 15 is 0 Å². The van der Waals surface area contributed by atoms with E-state index in [1.807, 2.05) is 39.0 Å². The van der Waals surface area contributed by atoms with Gasteiger partial charge in [-0.2, -0.15) is 0 Å². The van der Waals surface area contributed by atoms with Gasteiger partial charge in [-0.3, -0.25) is 4.79 Å². The van der Waals surface area contributed by atoms with Gasteiger partial charge >= 0.3 is 0 Å². The summed E-state index contributed by atoms with van der Waals surface area (Å²) >= 11 is 23.8. The third-order valence-corrected chi connectivity index (χ3v) is 5.04. The second-order valence-corrected chi connectivity index (χ2v) is 6.83. The zero-order chi connectivity index (χ0) is 17.3. The molecule has 0 saturated carbocycles. The summed E-state index contributed by atoms with van der Waals surface area (Å²) in [6.45, 7) is 6.01. The maximum Gasteiger partial charge on any atom is 0.275 e. The van der Waals surface area contributed by atoms with Crippen molar-refractivity contribution in [1.82, 2.24) is 4.98 Å². The number of carbonyl (C=O) groups is 1. The first-order valence-corrected chi connectivity index (χ1v) is 8.36. The first-order valence-electron chi connectivity index (χ1n) is 6.84. The van der Waals surface area contributed by atoms with Crippen LogP contribution in [0.2, 0.25) is 20.2 Å². The Hall–Kier alpha value is -1.000. The van der Waals surface area contributed by atoms with E-state index in [9.17, 15) is 4.79 Å². The van der Waals surface area contributed by atoms with Gasteiger partial charge in [-0.15, -0.1) is 0 Å². The van der Waals surface area contributed by atoms with E-state index in [1.165, 1.54) is 0 Å². The van der Waals surface area contributed by atoms with Gasteiger partial charge in [0.05, 0.1) is 15.1 Å². The monoisotopic (exact) mass is 390 g/mol. The van der Waals surface area contributed by atoms with E-state index in [0.29, 0.717) is 0 Å². The molecule has 1 aromatic heterocycles. The van der Waals surface area contributed by atoms with Crippen LogP contribution in [0, 0.1) is 6.92 Å². The number of amides is 1. The van der Waals surface area contributed by atoms with Crippen LogP contribution in [0.4, 0.5) is 5.69 Å². The molecule has 2 aromatic rings. The number of nitrogens with one attached hydrogen (secondary N) is 1. The largest absolute Gasteiger partial charge is 0.320 e. The fourth-order valence-corrected chi connectivity index (χ4v) is 2.97. The van der Waals surface area contributed by atoms with Crippen LogP contribution >= 0.6 is 46.4 Å². The molecule has 23 heavy (non-hydrogen) atoms. The molecule has 1 amide bonds. The summed E-state index contributed by atoms with van der Waals surface area (Å²) in [6.07, 6.45) is 0. The van der Waals surface area contributed by atoms with Gasteiger partial charge in [-0.25, -0.2) is 4.98 Å². The van der Waals surface area contributed by atoms with Crippen molar-refractivity contribution >= 4 is 58.0 Å². The van der Waals surface area contributed by atoms with Gasteiger partial charge in [0.2, 0.25) is 0 Å². The summed E-state index contributed by atoms with van der Waals surface area (Å²) in [5, 5.41) is 2.77. The molecule has 0 atom stereocenters. The maximum atomic E-state index is 12.6. The van der Waals surface area contributed by atoms with E-state index in [0.717, 1.165) is 16.8 Å². The minimum Gasteiger partial charge on any atom is -0.320 e. The summed E-state index contributed by atoms with van der Waals surface area (Å²) in [7, 11) is 0. The van der Waals surface area contributed by atoms with Crippen LogP contribution in [0.1, 0.15) is 41.4 Å². The van der Waals surface area contributed by atoms with E-state index < -0.39 is 5.91 Å². The highest BCUT2D eigenvalue weighted by atomic mass is 35.5. The standard InChI is InChI=1S/C16H14Cl4N2O/c1-7(2)9-6-4-5-8(3)13(9)22-16(23)14-11(18)10(17)12(19)15(20)21-14/h4-7H,1-3H3,(H,22,23). The van der Waals surface area contributed by atoms with Crippen LogP contribution in [0.5, 0.6) is 0 Å². The molecule has 0 saturated heterocycles. The van der Waals surface area contributed by atoms with Gasteiger partial charge in [0.1, 0.15) is 10.8 Å². The van der Waals surface area contributed by atoms with Crippen LogP contribution in [0.15, 0.2) is 18.2 Å². The number of aryl methyl sites for hydroxylation is 1.